The summed E-state index contributed by atoms with van der Waals surface area (Å²) in [5.41, 5.74) is 0.706. The van der Waals surface area contributed by atoms with E-state index in [0.29, 0.717) is 21.4 Å². The standard InChI is InChI=1S/C18H18ClNO4S/c1-3-25(23)16-10-5-4-9-15(16)18(22)24-12(2)17(21)20-14-8-6-7-13(19)11-14/h4-12H,3H2,1-2H3,(H,20,21)/t12-,25-/m1/s1. The normalized spacial score (nSPS) is 12.9. The van der Waals surface area contributed by atoms with Crippen LogP contribution in [0.4, 0.5) is 5.69 Å². The maximum Gasteiger partial charge on any atom is 0.340 e. The second-order valence-electron chi connectivity index (χ2n) is 5.18. The van der Waals surface area contributed by atoms with Gasteiger partial charge in [0.05, 0.1) is 21.3 Å². The number of hydrogen-bond acceptors (Lipinski definition) is 4. The lowest BCUT2D eigenvalue weighted by Gasteiger charge is -2.15. The Morgan fingerprint density at radius 1 is 1.20 bits per heavy atom. The van der Waals surface area contributed by atoms with Crippen molar-refractivity contribution >= 4 is 40.0 Å². The Hall–Kier alpha value is -2.18. The quantitative estimate of drug-likeness (QED) is 0.777. The van der Waals surface area contributed by atoms with Crippen LogP contribution in [0.2, 0.25) is 5.02 Å². The van der Waals surface area contributed by atoms with Crippen LogP contribution >= 0.6 is 11.6 Å². The molecule has 0 heterocycles. The lowest BCUT2D eigenvalue weighted by atomic mass is 10.2. The molecular weight excluding hydrogens is 362 g/mol. The SMILES string of the molecule is CC[S@@](=O)c1ccccc1C(=O)O[C@H](C)C(=O)Nc1cccc(Cl)c1. The summed E-state index contributed by atoms with van der Waals surface area (Å²) in [4.78, 5) is 24.9. The molecule has 2 aromatic rings. The zero-order valence-electron chi connectivity index (χ0n) is 13.8. The van der Waals surface area contributed by atoms with Crippen molar-refractivity contribution in [2.24, 2.45) is 0 Å². The van der Waals surface area contributed by atoms with Gasteiger partial charge in [0.15, 0.2) is 6.10 Å². The molecule has 2 atom stereocenters. The van der Waals surface area contributed by atoms with Crippen molar-refractivity contribution in [2.45, 2.75) is 24.8 Å². The van der Waals surface area contributed by atoms with Crippen molar-refractivity contribution in [3.63, 3.8) is 0 Å². The van der Waals surface area contributed by atoms with Crippen molar-refractivity contribution in [2.75, 3.05) is 11.1 Å². The number of hydrogen-bond donors (Lipinski definition) is 1. The Kier molecular flexibility index (Phi) is 6.73. The second kappa shape index (κ2) is 8.78. The maximum absolute atomic E-state index is 12.3. The third kappa shape index (κ3) is 5.14. The van der Waals surface area contributed by atoms with Gasteiger partial charge in [-0.25, -0.2) is 4.79 Å². The number of ether oxygens (including phenoxy) is 1. The van der Waals surface area contributed by atoms with Crippen molar-refractivity contribution in [3.05, 3.63) is 59.1 Å². The molecule has 2 aromatic carbocycles. The summed E-state index contributed by atoms with van der Waals surface area (Å²) in [5, 5.41) is 3.11. The molecule has 0 radical (unpaired) electrons. The Labute approximate surface area is 153 Å². The molecule has 25 heavy (non-hydrogen) atoms. The van der Waals surface area contributed by atoms with E-state index < -0.39 is 28.8 Å². The highest BCUT2D eigenvalue weighted by molar-refractivity contribution is 7.85. The molecule has 5 nitrogen and oxygen atoms in total. The van der Waals surface area contributed by atoms with E-state index in [1.807, 2.05) is 0 Å². The molecule has 0 aromatic heterocycles. The first-order valence-electron chi connectivity index (χ1n) is 7.67. The van der Waals surface area contributed by atoms with Crippen LogP contribution < -0.4 is 5.32 Å². The van der Waals surface area contributed by atoms with Gasteiger partial charge in [0.2, 0.25) is 0 Å². The molecule has 0 unspecified atom stereocenters. The zero-order chi connectivity index (χ0) is 18.4. The van der Waals surface area contributed by atoms with Gasteiger partial charge in [-0.1, -0.05) is 36.7 Å². The molecule has 0 aliphatic carbocycles. The van der Waals surface area contributed by atoms with E-state index in [4.69, 9.17) is 16.3 Å². The van der Waals surface area contributed by atoms with Crippen LogP contribution in [0.1, 0.15) is 24.2 Å². The van der Waals surface area contributed by atoms with Gasteiger partial charge in [-0.3, -0.25) is 9.00 Å². The number of halogens is 1. The fourth-order valence-electron chi connectivity index (χ4n) is 2.08. The van der Waals surface area contributed by atoms with Crippen molar-refractivity contribution in [1.82, 2.24) is 0 Å². The van der Waals surface area contributed by atoms with Gasteiger partial charge in [-0.2, -0.15) is 0 Å². The number of nitrogens with one attached hydrogen (secondary N) is 1. The molecule has 132 valence electrons. The summed E-state index contributed by atoms with van der Waals surface area (Å²) in [7, 11) is -1.30. The Morgan fingerprint density at radius 2 is 1.92 bits per heavy atom. The lowest BCUT2D eigenvalue weighted by molar-refractivity contribution is -0.123. The number of rotatable bonds is 6. The first-order valence-corrected chi connectivity index (χ1v) is 9.37. The van der Waals surface area contributed by atoms with Gasteiger partial charge in [-0.05, 0) is 37.3 Å². The molecule has 0 fully saturated rings. The van der Waals surface area contributed by atoms with Crippen LogP contribution in [0.25, 0.3) is 0 Å². The smallest absolute Gasteiger partial charge is 0.340 e. The number of anilines is 1. The van der Waals surface area contributed by atoms with Gasteiger partial charge in [0, 0.05) is 16.5 Å². The second-order valence-corrected chi connectivity index (χ2v) is 7.32. The third-order valence-corrected chi connectivity index (χ3v) is 4.97. The average Bonchev–Trinajstić information content (AvgIpc) is 2.60. The van der Waals surface area contributed by atoms with Gasteiger partial charge in [-0.15, -0.1) is 0 Å². The zero-order valence-corrected chi connectivity index (χ0v) is 15.4. The summed E-state index contributed by atoms with van der Waals surface area (Å²) >= 11 is 5.87. The van der Waals surface area contributed by atoms with Gasteiger partial charge in [0.25, 0.3) is 5.91 Å². The molecule has 2 rings (SSSR count). The minimum atomic E-state index is -1.30. The summed E-state index contributed by atoms with van der Waals surface area (Å²) in [6.07, 6.45) is -1.02. The fraction of sp³-hybridized carbons (Fsp3) is 0.222. The highest BCUT2D eigenvalue weighted by atomic mass is 35.5. The van der Waals surface area contributed by atoms with Crippen molar-refractivity contribution < 1.29 is 18.5 Å². The predicted octanol–water partition coefficient (Wildman–Crippen LogP) is 3.65. The molecule has 1 N–H and O–H groups in total. The van der Waals surface area contributed by atoms with Gasteiger partial charge < -0.3 is 10.1 Å². The first-order chi connectivity index (χ1) is 11.9. The fourth-order valence-corrected chi connectivity index (χ4v) is 3.21. The van der Waals surface area contributed by atoms with Crippen LogP contribution in [0, 0.1) is 0 Å². The number of carbonyl (C=O) groups is 2. The van der Waals surface area contributed by atoms with Gasteiger partial charge in [0.1, 0.15) is 0 Å². The minimum absolute atomic E-state index is 0.199. The van der Waals surface area contributed by atoms with E-state index >= 15 is 0 Å². The van der Waals surface area contributed by atoms with Crippen molar-refractivity contribution in [3.8, 4) is 0 Å². The molecule has 1 amide bonds. The highest BCUT2D eigenvalue weighted by Crippen LogP contribution is 2.17. The summed E-state index contributed by atoms with van der Waals surface area (Å²) in [6, 6.07) is 13.2. The molecule has 0 bridgehead atoms. The van der Waals surface area contributed by atoms with E-state index in [2.05, 4.69) is 5.32 Å². The number of carbonyl (C=O) groups excluding carboxylic acids is 2. The van der Waals surface area contributed by atoms with E-state index in [1.165, 1.54) is 13.0 Å². The molecule has 0 saturated heterocycles. The Balaban J connectivity index is 2.07. The van der Waals surface area contributed by atoms with Crippen molar-refractivity contribution in [1.29, 1.82) is 0 Å². The summed E-state index contributed by atoms with van der Waals surface area (Å²) in [6.45, 7) is 3.23. The van der Waals surface area contributed by atoms with Crippen LogP contribution in [-0.4, -0.2) is 27.9 Å². The highest BCUT2D eigenvalue weighted by Gasteiger charge is 2.22. The molecule has 0 aliphatic heterocycles. The van der Waals surface area contributed by atoms with E-state index in [0.717, 1.165) is 0 Å². The number of esters is 1. The Bertz CT molecular complexity index is 809. The topological polar surface area (TPSA) is 72.5 Å². The summed E-state index contributed by atoms with van der Waals surface area (Å²) < 4.78 is 17.3. The molecule has 0 spiro atoms. The monoisotopic (exact) mass is 379 g/mol. The largest absolute Gasteiger partial charge is 0.449 e. The third-order valence-electron chi connectivity index (χ3n) is 3.36. The molecule has 7 heteroatoms. The lowest BCUT2D eigenvalue weighted by Crippen LogP contribution is -2.30. The minimum Gasteiger partial charge on any atom is -0.449 e. The summed E-state index contributed by atoms with van der Waals surface area (Å²) in [5.74, 6) is -0.786. The van der Waals surface area contributed by atoms with E-state index in [-0.39, 0.29) is 5.56 Å². The van der Waals surface area contributed by atoms with Crippen LogP contribution in [0.5, 0.6) is 0 Å². The first kappa shape index (κ1) is 19.1. The van der Waals surface area contributed by atoms with Crippen LogP contribution in [0.15, 0.2) is 53.4 Å². The number of benzene rings is 2. The van der Waals surface area contributed by atoms with Crippen LogP contribution in [-0.2, 0) is 20.3 Å². The van der Waals surface area contributed by atoms with E-state index in [1.54, 1.807) is 49.4 Å². The molecule has 0 saturated carbocycles. The average molecular weight is 380 g/mol. The predicted molar refractivity (Wildman–Crippen MR) is 98.4 cm³/mol. The maximum atomic E-state index is 12.3. The van der Waals surface area contributed by atoms with E-state index in [9.17, 15) is 13.8 Å². The van der Waals surface area contributed by atoms with Gasteiger partial charge >= 0.3 is 5.97 Å². The molecular formula is C18H18ClNO4S. The molecule has 0 aliphatic rings. The van der Waals surface area contributed by atoms with Crippen LogP contribution in [0.3, 0.4) is 0 Å². The number of amides is 1. The Morgan fingerprint density at radius 3 is 2.60 bits per heavy atom.